The van der Waals surface area contributed by atoms with Crippen molar-refractivity contribution in [1.29, 1.82) is 0 Å². The molecular weight excluding hydrogens is 388 g/mol. The summed E-state index contributed by atoms with van der Waals surface area (Å²) in [5.41, 5.74) is 2.71. The average molecular weight is 413 g/mol. The Morgan fingerprint density at radius 3 is 2.45 bits per heavy atom. The monoisotopic (exact) mass is 412 g/mol. The van der Waals surface area contributed by atoms with Gasteiger partial charge in [-0.25, -0.2) is 4.79 Å². The summed E-state index contributed by atoms with van der Waals surface area (Å²) in [7, 11) is 0. The van der Waals surface area contributed by atoms with Crippen LogP contribution >= 0.6 is 11.8 Å². The summed E-state index contributed by atoms with van der Waals surface area (Å²) in [4.78, 5) is 38.6. The smallest absolute Gasteiger partial charge is 0.325 e. The Morgan fingerprint density at radius 2 is 1.72 bits per heavy atom. The lowest BCUT2D eigenvalue weighted by Crippen LogP contribution is -2.38. The first-order valence-corrected chi connectivity index (χ1v) is 10.6. The van der Waals surface area contributed by atoms with Gasteiger partial charge >= 0.3 is 6.03 Å². The van der Waals surface area contributed by atoms with E-state index in [1.807, 2.05) is 35.7 Å². The molecule has 0 radical (unpaired) electrons. The minimum absolute atomic E-state index is 0.0122. The predicted octanol–water partition coefficient (Wildman–Crippen LogP) is 2.94. The fourth-order valence-corrected chi connectivity index (χ4v) is 3.93. The maximum Gasteiger partial charge on any atom is 0.325 e. The molecule has 8 heteroatoms. The number of nitrogens with zero attached hydrogens (tertiary/aromatic N) is 1. The second-order valence-electron chi connectivity index (χ2n) is 6.60. The highest BCUT2D eigenvalue weighted by molar-refractivity contribution is 7.99. The van der Waals surface area contributed by atoms with Crippen molar-refractivity contribution in [3.05, 3.63) is 59.7 Å². The molecule has 29 heavy (non-hydrogen) atoms. The Kier molecular flexibility index (Phi) is 7.13. The molecule has 0 saturated carbocycles. The third kappa shape index (κ3) is 5.74. The highest BCUT2D eigenvalue weighted by atomic mass is 32.2. The Balaban J connectivity index is 1.55. The van der Waals surface area contributed by atoms with E-state index < -0.39 is 11.9 Å². The number of para-hydroxylation sites is 1. The zero-order chi connectivity index (χ0) is 20.6. The zero-order valence-corrected chi connectivity index (χ0v) is 17.1. The van der Waals surface area contributed by atoms with E-state index in [4.69, 9.17) is 0 Å². The number of nitrogens with one attached hydrogen (secondary N) is 3. The van der Waals surface area contributed by atoms with Crippen LogP contribution in [0.5, 0.6) is 0 Å². The van der Waals surface area contributed by atoms with Crippen LogP contribution in [0.1, 0.15) is 15.9 Å². The van der Waals surface area contributed by atoms with Crippen LogP contribution in [0.4, 0.5) is 16.2 Å². The number of thioether (sulfide) groups is 1. The van der Waals surface area contributed by atoms with Gasteiger partial charge in [0.25, 0.3) is 5.91 Å². The first kappa shape index (κ1) is 20.7. The van der Waals surface area contributed by atoms with Gasteiger partial charge in [0.05, 0.1) is 6.54 Å². The third-order valence-corrected chi connectivity index (χ3v) is 5.53. The first-order valence-electron chi connectivity index (χ1n) is 9.41. The molecule has 1 saturated heterocycles. The molecule has 1 aliphatic heterocycles. The van der Waals surface area contributed by atoms with Gasteiger partial charge in [-0.1, -0.05) is 24.3 Å². The average Bonchev–Trinajstić information content (AvgIpc) is 2.74. The van der Waals surface area contributed by atoms with Gasteiger partial charge in [-0.3, -0.25) is 14.9 Å². The number of hydrogen-bond acceptors (Lipinski definition) is 5. The van der Waals surface area contributed by atoms with Crippen LogP contribution in [0, 0.1) is 6.92 Å². The maximum atomic E-state index is 12.8. The van der Waals surface area contributed by atoms with Gasteiger partial charge in [0.1, 0.15) is 0 Å². The van der Waals surface area contributed by atoms with Gasteiger partial charge in [0.15, 0.2) is 0 Å². The van der Waals surface area contributed by atoms with E-state index in [0.29, 0.717) is 16.9 Å². The van der Waals surface area contributed by atoms with Crippen LogP contribution in [0.3, 0.4) is 0 Å². The van der Waals surface area contributed by atoms with Crippen LogP contribution in [0.25, 0.3) is 0 Å². The largest absolute Gasteiger partial charge is 0.376 e. The summed E-state index contributed by atoms with van der Waals surface area (Å²) in [6.07, 6.45) is 0. The van der Waals surface area contributed by atoms with Gasteiger partial charge in [0.2, 0.25) is 5.91 Å². The summed E-state index contributed by atoms with van der Waals surface area (Å²) >= 11 is 1.85. The molecule has 0 unspecified atom stereocenters. The fraction of sp³-hybridized carbons (Fsp3) is 0.286. The molecule has 0 aliphatic carbocycles. The maximum absolute atomic E-state index is 12.8. The predicted molar refractivity (Wildman–Crippen MR) is 117 cm³/mol. The molecule has 0 bridgehead atoms. The Morgan fingerprint density at radius 1 is 1.00 bits per heavy atom. The van der Waals surface area contributed by atoms with Crippen molar-refractivity contribution in [2.45, 2.75) is 6.92 Å². The van der Waals surface area contributed by atoms with Crippen molar-refractivity contribution < 1.29 is 14.4 Å². The molecule has 1 fully saturated rings. The van der Waals surface area contributed by atoms with Gasteiger partial charge < -0.3 is 15.5 Å². The molecule has 1 heterocycles. The molecule has 1 aliphatic rings. The normalized spacial score (nSPS) is 13.5. The van der Waals surface area contributed by atoms with E-state index >= 15 is 0 Å². The van der Waals surface area contributed by atoms with Gasteiger partial charge in [-0.15, -0.1) is 0 Å². The summed E-state index contributed by atoms with van der Waals surface area (Å²) < 4.78 is 0. The van der Waals surface area contributed by atoms with Crippen molar-refractivity contribution >= 4 is 41.0 Å². The van der Waals surface area contributed by atoms with E-state index in [0.717, 1.165) is 30.2 Å². The molecule has 4 amide bonds. The standard InChI is InChI=1S/C21H24N4O3S/c1-15-17(20(27)25-10-12-29-13-11-25)8-5-9-18(15)22-14-19(26)24-21(28)23-16-6-3-2-4-7-16/h2-9,22H,10-14H2,1H3,(H2,23,24,26,28). The summed E-state index contributed by atoms with van der Waals surface area (Å²) in [6, 6.07) is 13.7. The van der Waals surface area contributed by atoms with Crippen LogP contribution in [-0.4, -0.2) is 53.9 Å². The fourth-order valence-electron chi connectivity index (χ4n) is 3.03. The van der Waals surface area contributed by atoms with Crippen molar-refractivity contribution in [2.24, 2.45) is 0 Å². The molecule has 152 valence electrons. The van der Waals surface area contributed by atoms with Crippen LogP contribution < -0.4 is 16.0 Å². The van der Waals surface area contributed by atoms with E-state index in [1.54, 1.807) is 36.4 Å². The highest BCUT2D eigenvalue weighted by Crippen LogP contribution is 2.21. The molecule has 3 N–H and O–H groups in total. The lowest BCUT2D eigenvalue weighted by Gasteiger charge is -2.27. The molecular formula is C21H24N4O3S. The topological polar surface area (TPSA) is 90.5 Å². The number of hydrogen-bond donors (Lipinski definition) is 3. The van der Waals surface area contributed by atoms with Crippen LogP contribution in [0.2, 0.25) is 0 Å². The Hall–Kier alpha value is -3.00. The van der Waals surface area contributed by atoms with E-state index in [-0.39, 0.29) is 12.5 Å². The minimum atomic E-state index is -0.591. The number of anilines is 2. The van der Waals surface area contributed by atoms with Crippen molar-refractivity contribution in [2.75, 3.05) is 41.8 Å². The van der Waals surface area contributed by atoms with Crippen LogP contribution in [0.15, 0.2) is 48.5 Å². The van der Waals surface area contributed by atoms with Crippen molar-refractivity contribution in [3.8, 4) is 0 Å². The second kappa shape index (κ2) is 9.97. The Labute approximate surface area is 174 Å². The highest BCUT2D eigenvalue weighted by Gasteiger charge is 2.21. The Bertz CT molecular complexity index is 883. The first-order chi connectivity index (χ1) is 14.0. The SMILES string of the molecule is Cc1c(NCC(=O)NC(=O)Nc2ccccc2)cccc1C(=O)N1CCSCC1. The number of carbonyl (C=O) groups excluding carboxylic acids is 3. The number of amides is 4. The van der Waals surface area contributed by atoms with Gasteiger partial charge in [0, 0.05) is 41.5 Å². The molecule has 3 rings (SSSR count). The van der Waals surface area contributed by atoms with Crippen LogP contribution in [-0.2, 0) is 4.79 Å². The zero-order valence-electron chi connectivity index (χ0n) is 16.2. The van der Waals surface area contributed by atoms with Gasteiger partial charge in [-0.05, 0) is 36.8 Å². The van der Waals surface area contributed by atoms with Crippen molar-refractivity contribution in [1.82, 2.24) is 10.2 Å². The van der Waals surface area contributed by atoms with E-state index in [9.17, 15) is 14.4 Å². The van der Waals surface area contributed by atoms with Gasteiger partial charge in [-0.2, -0.15) is 11.8 Å². The molecule has 0 atom stereocenters. The van der Waals surface area contributed by atoms with E-state index in [2.05, 4.69) is 16.0 Å². The lowest BCUT2D eigenvalue weighted by atomic mass is 10.1. The number of urea groups is 1. The summed E-state index contributed by atoms with van der Waals surface area (Å²) in [6.45, 7) is 3.27. The van der Waals surface area contributed by atoms with E-state index in [1.165, 1.54) is 0 Å². The third-order valence-electron chi connectivity index (χ3n) is 4.59. The molecule has 2 aromatic rings. The van der Waals surface area contributed by atoms with Crippen molar-refractivity contribution in [3.63, 3.8) is 0 Å². The molecule has 2 aromatic carbocycles. The molecule has 0 aromatic heterocycles. The number of carbonyl (C=O) groups is 3. The molecule has 7 nitrogen and oxygen atoms in total. The summed E-state index contributed by atoms with van der Waals surface area (Å²) in [5, 5.41) is 7.88. The number of imide groups is 1. The quantitative estimate of drug-likeness (QED) is 0.703. The minimum Gasteiger partial charge on any atom is -0.376 e. The molecule has 0 spiro atoms. The lowest BCUT2D eigenvalue weighted by molar-refractivity contribution is -0.118. The number of rotatable bonds is 5. The summed E-state index contributed by atoms with van der Waals surface area (Å²) in [5.74, 6) is 1.45. The number of benzene rings is 2. The second-order valence-corrected chi connectivity index (χ2v) is 7.83.